The number of rotatable bonds is 4. The molecule has 0 amide bonds. The number of nitrogen functional groups attached to an aromatic ring is 1. The lowest BCUT2D eigenvalue weighted by molar-refractivity contribution is 0.403. The number of nitrogens with zero attached hydrogens (tertiary/aromatic N) is 1. The second kappa shape index (κ2) is 5.68. The van der Waals surface area contributed by atoms with Gasteiger partial charge in [-0.3, -0.25) is 9.71 Å². The second-order valence-corrected chi connectivity index (χ2v) is 6.38. The Morgan fingerprint density at radius 2 is 2.10 bits per heavy atom. The third kappa shape index (κ3) is 3.02. The molecule has 0 bridgehead atoms. The van der Waals surface area contributed by atoms with Crippen LogP contribution in [0.3, 0.4) is 0 Å². The molecule has 2 aromatic rings. The van der Waals surface area contributed by atoms with Gasteiger partial charge < -0.3 is 10.5 Å². The highest BCUT2D eigenvalue weighted by Crippen LogP contribution is 2.29. The van der Waals surface area contributed by atoms with Gasteiger partial charge in [0.05, 0.1) is 17.3 Å². The lowest BCUT2D eigenvalue weighted by atomic mass is 10.3. The number of anilines is 2. The van der Waals surface area contributed by atoms with Crippen LogP contribution in [0.5, 0.6) is 5.75 Å². The van der Waals surface area contributed by atoms with Crippen molar-refractivity contribution in [1.29, 1.82) is 0 Å². The predicted molar refractivity (Wildman–Crippen MR) is 80.2 cm³/mol. The first-order valence-corrected chi connectivity index (χ1v) is 7.77. The Balaban J connectivity index is 2.46. The summed E-state index contributed by atoms with van der Waals surface area (Å²) in [6, 6.07) is 5.96. The van der Waals surface area contributed by atoms with Gasteiger partial charge >= 0.3 is 0 Å². The van der Waals surface area contributed by atoms with E-state index in [0.29, 0.717) is 15.8 Å². The molecular weight excluding hydrogens is 346 g/mol. The molecule has 3 N–H and O–H groups in total. The molecular formula is C12H12BrN3O3S. The van der Waals surface area contributed by atoms with Gasteiger partial charge in [-0.15, -0.1) is 0 Å². The van der Waals surface area contributed by atoms with Crippen molar-refractivity contribution in [2.45, 2.75) is 4.90 Å². The summed E-state index contributed by atoms with van der Waals surface area (Å²) >= 11 is 3.23. The Bertz CT molecular complexity index is 734. The summed E-state index contributed by atoms with van der Waals surface area (Å²) in [5.74, 6) is 0.219. The lowest BCUT2D eigenvalue weighted by Gasteiger charge is -2.12. The van der Waals surface area contributed by atoms with Gasteiger partial charge in [-0.2, -0.15) is 0 Å². The van der Waals surface area contributed by atoms with Gasteiger partial charge in [0, 0.05) is 18.1 Å². The van der Waals surface area contributed by atoms with E-state index in [9.17, 15) is 8.42 Å². The van der Waals surface area contributed by atoms with Crippen molar-refractivity contribution in [2.75, 3.05) is 17.6 Å². The van der Waals surface area contributed by atoms with Gasteiger partial charge in [0.15, 0.2) is 0 Å². The summed E-state index contributed by atoms with van der Waals surface area (Å²) in [5.41, 5.74) is 6.35. The normalized spacial score (nSPS) is 11.1. The maximum atomic E-state index is 12.4. The monoisotopic (exact) mass is 357 g/mol. The first kappa shape index (κ1) is 14.6. The van der Waals surface area contributed by atoms with E-state index in [1.54, 1.807) is 12.1 Å². The van der Waals surface area contributed by atoms with E-state index in [1.165, 1.54) is 31.6 Å². The van der Waals surface area contributed by atoms with Gasteiger partial charge in [0.25, 0.3) is 10.0 Å². The van der Waals surface area contributed by atoms with Crippen LogP contribution in [0.2, 0.25) is 0 Å². The maximum Gasteiger partial charge on any atom is 0.265 e. The molecule has 0 spiro atoms. The fourth-order valence-corrected chi connectivity index (χ4v) is 3.33. The number of methoxy groups -OCH3 is 1. The van der Waals surface area contributed by atoms with Crippen LogP contribution < -0.4 is 15.2 Å². The molecule has 6 nitrogen and oxygen atoms in total. The number of benzene rings is 1. The quantitative estimate of drug-likeness (QED) is 0.818. The predicted octanol–water partition coefficient (Wildman–Crippen LogP) is 2.24. The summed E-state index contributed by atoms with van der Waals surface area (Å²) in [6.07, 6.45) is 2.98. The Kier molecular flexibility index (Phi) is 4.15. The van der Waals surface area contributed by atoms with E-state index in [4.69, 9.17) is 10.5 Å². The molecule has 0 saturated carbocycles. The average Bonchev–Trinajstić information content (AvgIpc) is 2.41. The van der Waals surface area contributed by atoms with Crippen LogP contribution in [-0.4, -0.2) is 20.5 Å². The molecule has 0 atom stereocenters. The lowest BCUT2D eigenvalue weighted by Crippen LogP contribution is -2.14. The molecule has 0 saturated heterocycles. The molecule has 1 heterocycles. The number of halogens is 1. The van der Waals surface area contributed by atoms with E-state index in [-0.39, 0.29) is 10.6 Å². The van der Waals surface area contributed by atoms with E-state index in [1.807, 2.05) is 0 Å². The Morgan fingerprint density at radius 1 is 1.35 bits per heavy atom. The molecule has 1 aromatic heterocycles. The zero-order valence-corrected chi connectivity index (χ0v) is 12.9. The fourth-order valence-electron chi connectivity index (χ4n) is 1.56. The topological polar surface area (TPSA) is 94.3 Å². The van der Waals surface area contributed by atoms with Crippen LogP contribution in [-0.2, 0) is 10.0 Å². The molecule has 0 aliphatic heterocycles. The molecule has 0 radical (unpaired) electrons. The zero-order chi connectivity index (χ0) is 14.8. The van der Waals surface area contributed by atoms with Crippen molar-refractivity contribution in [3.05, 3.63) is 41.1 Å². The van der Waals surface area contributed by atoms with E-state index < -0.39 is 10.0 Å². The SMILES string of the molecule is COc1ccc(N)cc1S(=O)(=O)Nc1ccncc1Br. The van der Waals surface area contributed by atoms with Crippen molar-refractivity contribution in [1.82, 2.24) is 4.98 Å². The summed E-state index contributed by atoms with van der Waals surface area (Å²) in [6.45, 7) is 0. The Morgan fingerprint density at radius 3 is 2.75 bits per heavy atom. The van der Waals surface area contributed by atoms with Crippen LogP contribution in [0.4, 0.5) is 11.4 Å². The van der Waals surface area contributed by atoms with Crippen molar-refractivity contribution in [3.8, 4) is 5.75 Å². The first-order valence-electron chi connectivity index (χ1n) is 5.50. The molecule has 0 aliphatic rings. The summed E-state index contributed by atoms with van der Waals surface area (Å²) in [5, 5.41) is 0. The summed E-state index contributed by atoms with van der Waals surface area (Å²) < 4.78 is 32.8. The smallest absolute Gasteiger partial charge is 0.265 e. The van der Waals surface area contributed by atoms with Crippen molar-refractivity contribution in [2.24, 2.45) is 0 Å². The van der Waals surface area contributed by atoms with Crippen LogP contribution in [0, 0.1) is 0 Å². The maximum absolute atomic E-state index is 12.4. The molecule has 0 aliphatic carbocycles. The van der Waals surface area contributed by atoms with Gasteiger partial charge in [-0.25, -0.2) is 8.42 Å². The number of aromatic nitrogens is 1. The number of sulfonamides is 1. The zero-order valence-electron chi connectivity index (χ0n) is 10.5. The highest BCUT2D eigenvalue weighted by atomic mass is 79.9. The van der Waals surface area contributed by atoms with Crippen LogP contribution in [0.1, 0.15) is 0 Å². The minimum atomic E-state index is -3.81. The van der Waals surface area contributed by atoms with Crippen molar-refractivity contribution < 1.29 is 13.2 Å². The highest BCUT2D eigenvalue weighted by Gasteiger charge is 2.20. The number of nitrogens with two attached hydrogens (primary N) is 1. The number of nitrogens with one attached hydrogen (secondary N) is 1. The first-order chi connectivity index (χ1) is 9.44. The van der Waals surface area contributed by atoms with Gasteiger partial charge in [0.1, 0.15) is 10.6 Å². The van der Waals surface area contributed by atoms with E-state index >= 15 is 0 Å². The fraction of sp³-hybridized carbons (Fsp3) is 0.0833. The molecule has 20 heavy (non-hydrogen) atoms. The molecule has 8 heteroatoms. The van der Waals surface area contributed by atoms with Gasteiger partial charge in [0.2, 0.25) is 0 Å². The van der Waals surface area contributed by atoms with E-state index in [2.05, 4.69) is 25.6 Å². The molecule has 0 unspecified atom stereocenters. The molecule has 2 rings (SSSR count). The number of hydrogen-bond acceptors (Lipinski definition) is 5. The minimum absolute atomic E-state index is 0.0243. The molecule has 106 valence electrons. The van der Waals surface area contributed by atoms with Crippen molar-refractivity contribution in [3.63, 3.8) is 0 Å². The van der Waals surface area contributed by atoms with Crippen LogP contribution >= 0.6 is 15.9 Å². The standard InChI is InChI=1S/C12H12BrN3O3S/c1-19-11-3-2-8(14)6-12(11)20(17,18)16-10-4-5-15-7-9(10)13/h2-7H,14H2,1H3,(H,15,16). The highest BCUT2D eigenvalue weighted by molar-refractivity contribution is 9.10. The third-order valence-electron chi connectivity index (χ3n) is 2.49. The van der Waals surface area contributed by atoms with Gasteiger partial charge in [-0.1, -0.05) is 0 Å². The number of ether oxygens (including phenoxy) is 1. The molecule has 0 fully saturated rings. The summed E-state index contributed by atoms with van der Waals surface area (Å²) in [4.78, 5) is 3.84. The van der Waals surface area contributed by atoms with Crippen LogP contribution in [0.15, 0.2) is 46.0 Å². The largest absolute Gasteiger partial charge is 0.495 e. The van der Waals surface area contributed by atoms with E-state index in [0.717, 1.165) is 0 Å². The van der Waals surface area contributed by atoms with Crippen LogP contribution in [0.25, 0.3) is 0 Å². The van der Waals surface area contributed by atoms with Crippen molar-refractivity contribution >= 4 is 37.3 Å². The Hall–Kier alpha value is -1.80. The third-order valence-corrected chi connectivity index (χ3v) is 4.51. The number of hydrogen-bond donors (Lipinski definition) is 2. The summed E-state index contributed by atoms with van der Waals surface area (Å²) in [7, 11) is -2.42. The Labute approximate surface area is 125 Å². The average molecular weight is 358 g/mol. The second-order valence-electron chi connectivity index (χ2n) is 3.87. The molecule has 1 aromatic carbocycles. The minimum Gasteiger partial charge on any atom is -0.495 e. The van der Waals surface area contributed by atoms with Gasteiger partial charge in [-0.05, 0) is 40.2 Å². The number of pyridine rings is 1.